The molecule has 0 radical (unpaired) electrons. The molecular formula is C15H17N3O. The minimum atomic E-state index is -0.0229. The second kappa shape index (κ2) is 4.96. The molecule has 1 unspecified atom stereocenters. The molecule has 1 heterocycles. The van der Waals surface area contributed by atoms with Gasteiger partial charge in [-0.05, 0) is 30.4 Å². The largest absolute Gasteiger partial charge is 0.292 e. The number of aromatic nitrogens is 3. The van der Waals surface area contributed by atoms with E-state index < -0.39 is 0 Å². The highest BCUT2D eigenvalue weighted by molar-refractivity contribution is 6.00. The van der Waals surface area contributed by atoms with E-state index in [9.17, 15) is 4.79 Å². The molecule has 1 aromatic carbocycles. The van der Waals surface area contributed by atoms with Crippen LogP contribution in [0.15, 0.2) is 30.5 Å². The van der Waals surface area contributed by atoms with Crippen molar-refractivity contribution in [3.8, 4) is 0 Å². The molecule has 1 aliphatic carbocycles. The van der Waals surface area contributed by atoms with Crippen molar-refractivity contribution in [2.24, 2.45) is 0 Å². The Morgan fingerprint density at radius 2 is 2.26 bits per heavy atom. The fourth-order valence-corrected chi connectivity index (χ4v) is 2.83. The lowest BCUT2D eigenvalue weighted by Gasteiger charge is -2.11. The third kappa shape index (κ3) is 2.07. The quantitative estimate of drug-likeness (QED) is 0.789. The van der Waals surface area contributed by atoms with Crippen molar-refractivity contribution in [3.05, 3.63) is 47.3 Å². The Hall–Kier alpha value is -1.97. The van der Waals surface area contributed by atoms with Crippen molar-refractivity contribution in [2.45, 2.75) is 38.6 Å². The van der Waals surface area contributed by atoms with Gasteiger partial charge in [0, 0.05) is 12.5 Å². The fourth-order valence-electron chi connectivity index (χ4n) is 2.83. The topological polar surface area (TPSA) is 47.8 Å². The van der Waals surface area contributed by atoms with Crippen molar-refractivity contribution in [3.63, 3.8) is 0 Å². The number of hydrogen-bond acceptors (Lipinski definition) is 3. The van der Waals surface area contributed by atoms with E-state index in [-0.39, 0.29) is 11.7 Å². The molecule has 2 aromatic rings. The van der Waals surface area contributed by atoms with Gasteiger partial charge < -0.3 is 0 Å². The van der Waals surface area contributed by atoms with Crippen LogP contribution in [0.3, 0.4) is 0 Å². The summed E-state index contributed by atoms with van der Waals surface area (Å²) in [5.41, 5.74) is 3.12. The first kappa shape index (κ1) is 12.1. The van der Waals surface area contributed by atoms with Crippen molar-refractivity contribution >= 4 is 5.78 Å². The Morgan fingerprint density at radius 3 is 3.11 bits per heavy atom. The lowest BCUT2D eigenvalue weighted by molar-refractivity contribution is 0.0948. The maximum atomic E-state index is 12.7. The second-order valence-corrected chi connectivity index (χ2v) is 5.00. The normalized spacial score (nSPS) is 17.4. The molecule has 0 aliphatic heterocycles. The summed E-state index contributed by atoms with van der Waals surface area (Å²) in [5, 5.41) is 7.88. The van der Waals surface area contributed by atoms with Crippen LogP contribution in [0.5, 0.6) is 0 Å². The number of Topliss-reactive ketones (excluding diaryl/α,β-unsaturated/α-hetero) is 1. The maximum Gasteiger partial charge on any atom is 0.189 e. The van der Waals surface area contributed by atoms with E-state index in [1.54, 1.807) is 10.9 Å². The average Bonchev–Trinajstić information content (AvgIpc) is 3.04. The van der Waals surface area contributed by atoms with Gasteiger partial charge in [0.15, 0.2) is 5.78 Å². The summed E-state index contributed by atoms with van der Waals surface area (Å²) in [6.07, 6.45) is 4.43. The van der Waals surface area contributed by atoms with Gasteiger partial charge in [0.1, 0.15) is 5.69 Å². The van der Waals surface area contributed by atoms with Crippen LogP contribution in [-0.2, 0) is 13.0 Å². The van der Waals surface area contributed by atoms with Crippen molar-refractivity contribution in [1.82, 2.24) is 15.0 Å². The lowest BCUT2D eigenvalue weighted by Crippen LogP contribution is -2.16. The SMILES string of the molecule is CCCn1nncc1C(=O)C1CCc2ccccc21. The van der Waals surface area contributed by atoms with Crippen LogP contribution in [0.4, 0.5) is 0 Å². The van der Waals surface area contributed by atoms with Gasteiger partial charge in [0.25, 0.3) is 0 Å². The number of benzene rings is 1. The summed E-state index contributed by atoms with van der Waals surface area (Å²) in [6.45, 7) is 2.82. The summed E-state index contributed by atoms with van der Waals surface area (Å²) in [5.74, 6) is 0.133. The molecule has 1 aromatic heterocycles. The highest BCUT2D eigenvalue weighted by Crippen LogP contribution is 2.35. The van der Waals surface area contributed by atoms with E-state index >= 15 is 0 Å². The Labute approximate surface area is 112 Å². The fraction of sp³-hybridized carbons (Fsp3) is 0.400. The van der Waals surface area contributed by atoms with Crippen LogP contribution in [0.25, 0.3) is 0 Å². The van der Waals surface area contributed by atoms with E-state index in [0.29, 0.717) is 5.69 Å². The van der Waals surface area contributed by atoms with E-state index in [4.69, 9.17) is 0 Å². The number of aryl methyl sites for hydroxylation is 2. The number of rotatable bonds is 4. The van der Waals surface area contributed by atoms with Gasteiger partial charge in [0.05, 0.1) is 6.20 Å². The van der Waals surface area contributed by atoms with Crippen molar-refractivity contribution < 1.29 is 4.79 Å². The third-order valence-electron chi connectivity index (χ3n) is 3.75. The summed E-state index contributed by atoms with van der Waals surface area (Å²) in [7, 11) is 0. The van der Waals surface area contributed by atoms with Gasteiger partial charge in [-0.3, -0.25) is 4.79 Å². The predicted molar refractivity (Wildman–Crippen MR) is 72.1 cm³/mol. The standard InChI is InChI=1S/C15H17N3O/c1-2-9-18-14(10-16-17-18)15(19)13-8-7-11-5-3-4-6-12(11)13/h3-6,10,13H,2,7-9H2,1H3. The van der Waals surface area contributed by atoms with Crippen LogP contribution in [-0.4, -0.2) is 20.8 Å². The van der Waals surface area contributed by atoms with E-state index in [2.05, 4.69) is 29.4 Å². The van der Waals surface area contributed by atoms with E-state index in [0.717, 1.165) is 25.8 Å². The number of fused-ring (bicyclic) bond motifs is 1. The molecule has 3 rings (SSSR count). The first-order valence-electron chi connectivity index (χ1n) is 6.81. The molecule has 4 heteroatoms. The molecule has 0 spiro atoms. The number of carbonyl (C=O) groups excluding carboxylic acids is 1. The smallest absolute Gasteiger partial charge is 0.189 e. The molecule has 0 amide bonds. The third-order valence-corrected chi connectivity index (χ3v) is 3.75. The van der Waals surface area contributed by atoms with E-state index in [1.165, 1.54) is 11.1 Å². The Balaban J connectivity index is 1.91. The van der Waals surface area contributed by atoms with Crippen LogP contribution in [0, 0.1) is 0 Å². The van der Waals surface area contributed by atoms with Crippen LogP contribution >= 0.6 is 0 Å². The number of carbonyl (C=O) groups is 1. The minimum absolute atomic E-state index is 0.0229. The Kier molecular flexibility index (Phi) is 3.15. The molecule has 19 heavy (non-hydrogen) atoms. The van der Waals surface area contributed by atoms with Crippen LogP contribution < -0.4 is 0 Å². The molecule has 0 N–H and O–H groups in total. The summed E-state index contributed by atoms with van der Waals surface area (Å²) in [4.78, 5) is 12.7. The zero-order chi connectivity index (χ0) is 13.2. The number of ketones is 1. The number of nitrogens with zero attached hydrogens (tertiary/aromatic N) is 3. The second-order valence-electron chi connectivity index (χ2n) is 5.00. The van der Waals surface area contributed by atoms with Gasteiger partial charge in [0.2, 0.25) is 0 Å². The van der Waals surface area contributed by atoms with Gasteiger partial charge in [-0.1, -0.05) is 36.4 Å². The zero-order valence-electron chi connectivity index (χ0n) is 11.0. The van der Waals surface area contributed by atoms with Crippen molar-refractivity contribution in [2.75, 3.05) is 0 Å². The molecular weight excluding hydrogens is 238 g/mol. The summed E-state index contributed by atoms with van der Waals surface area (Å²) in [6, 6.07) is 8.23. The molecule has 0 saturated carbocycles. The van der Waals surface area contributed by atoms with Gasteiger partial charge in [-0.2, -0.15) is 0 Å². The predicted octanol–water partition coefficient (Wildman–Crippen LogP) is 2.60. The van der Waals surface area contributed by atoms with E-state index in [1.807, 2.05) is 12.1 Å². The molecule has 4 nitrogen and oxygen atoms in total. The highest BCUT2D eigenvalue weighted by atomic mass is 16.1. The van der Waals surface area contributed by atoms with Crippen molar-refractivity contribution in [1.29, 1.82) is 0 Å². The van der Waals surface area contributed by atoms with Gasteiger partial charge >= 0.3 is 0 Å². The monoisotopic (exact) mass is 255 g/mol. The molecule has 98 valence electrons. The lowest BCUT2D eigenvalue weighted by atomic mass is 9.95. The van der Waals surface area contributed by atoms with Gasteiger partial charge in [-0.25, -0.2) is 4.68 Å². The molecule has 0 bridgehead atoms. The van der Waals surface area contributed by atoms with Gasteiger partial charge in [-0.15, -0.1) is 5.10 Å². The average molecular weight is 255 g/mol. The Bertz CT molecular complexity index is 603. The number of hydrogen-bond donors (Lipinski definition) is 0. The molecule has 1 aliphatic rings. The molecule has 0 saturated heterocycles. The molecule has 0 fully saturated rings. The van der Waals surface area contributed by atoms with Crippen LogP contribution in [0.1, 0.15) is 47.3 Å². The Morgan fingerprint density at radius 1 is 1.42 bits per heavy atom. The summed E-state index contributed by atoms with van der Waals surface area (Å²) < 4.78 is 1.73. The first-order valence-corrected chi connectivity index (χ1v) is 6.81. The maximum absolute atomic E-state index is 12.7. The minimum Gasteiger partial charge on any atom is -0.292 e. The first-order chi connectivity index (χ1) is 9.31. The highest BCUT2D eigenvalue weighted by Gasteiger charge is 2.30. The van der Waals surface area contributed by atoms with Crippen LogP contribution in [0.2, 0.25) is 0 Å². The zero-order valence-corrected chi connectivity index (χ0v) is 11.0. The molecule has 1 atom stereocenters. The summed E-state index contributed by atoms with van der Waals surface area (Å²) >= 11 is 0.